The molecule has 3 amide bonds. The van der Waals surface area contributed by atoms with Gasteiger partial charge in [-0.1, -0.05) is 6.08 Å². The number of hydrogen-bond donors (Lipinski definition) is 3. The molecule has 0 radical (unpaired) electrons. The van der Waals surface area contributed by atoms with Gasteiger partial charge in [-0.25, -0.2) is 0 Å². The first-order chi connectivity index (χ1) is 14.0. The summed E-state index contributed by atoms with van der Waals surface area (Å²) in [7, 11) is 0. The number of nitriles is 1. The van der Waals surface area contributed by atoms with Crippen LogP contribution in [-0.4, -0.2) is 53.8 Å². The molecular formula is C21H29N5O3. The number of nitrogens with zero attached hydrogens (tertiary/aromatic N) is 2. The van der Waals surface area contributed by atoms with E-state index in [0.29, 0.717) is 44.0 Å². The summed E-state index contributed by atoms with van der Waals surface area (Å²) in [6.45, 7) is 1.95. The van der Waals surface area contributed by atoms with Crippen molar-refractivity contribution < 1.29 is 14.4 Å². The van der Waals surface area contributed by atoms with Crippen LogP contribution >= 0.6 is 0 Å². The van der Waals surface area contributed by atoms with E-state index < -0.39 is 11.6 Å². The highest BCUT2D eigenvalue weighted by Crippen LogP contribution is 2.36. The van der Waals surface area contributed by atoms with Crippen LogP contribution in [-0.2, 0) is 14.4 Å². The minimum Gasteiger partial charge on any atom is -0.356 e. The van der Waals surface area contributed by atoms with Crippen LogP contribution in [0.1, 0.15) is 51.4 Å². The molecule has 0 unspecified atom stereocenters. The van der Waals surface area contributed by atoms with Crippen LogP contribution in [0.4, 0.5) is 0 Å². The molecule has 3 heterocycles. The van der Waals surface area contributed by atoms with Crippen molar-refractivity contribution >= 4 is 17.7 Å². The summed E-state index contributed by atoms with van der Waals surface area (Å²) in [6, 6.07) is 1.36. The van der Waals surface area contributed by atoms with Crippen LogP contribution in [0, 0.1) is 23.2 Å². The molecular weight excluding hydrogens is 370 g/mol. The van der Waals surface area contributed by atoms with Crippen molar-refractivity contribution in [3.8, 4) is 6.07 Å². The average Bonchev–Trinajstić information content (AvgIpc) is 3.40. The molecule has 8 heteroatoms. The Kier molecular flexibility index (Phi) is 5.59. The Balaban J connectivity index is 1.47. The standard InChI is InChI=1S/C21H29N5O3/c22-13-16(12-15-5-9-23-18(15)27)25-19(28)17(11-14-3-4-14)26-10-7-21(20(26)29)6-1-2-8-24-21/h11,14-16,24H,1-10,12H2,(H,23,27)(H,25,28)/t15-,16-,21+/m0/s1. The monoisotopic (exact) mass is 399 g/mol. The first-order valence-corrected chi connectivity index (χ1v) is 10.8. The maximum absolute atomic E-state index is 13.2. The summed E-state index contributed by atoms with van der Waals surface area (Å²) in [6.07, 6.45) is 8.49. The van der Waals surface area contributed by atoms with E-state index in [1.165, 1.54) is 0 Å². The predicted octanol–water partition coefficient (Wildman–Crippen LogP) is 0.559. The SMILES string of the molecule is N#C[C@H](C[C@@H]1CCNC1=O)NC(=O)C(=CC1CC1)N1CC[C@]2(CCCCN2)C1=O. The molecule has 156 valence electrons. The molecule has 0 bridgehead atoms. The van der Waals surface area contributed by atoms with Crippen LogP contribution in [0.25, 0.3) is 0 Å². The molecule has 4 fully saturated rings. The number of rotatable bonds is 6. The molecule has 4 rings (SSSR count). The van der Waals surface area contributed by atoms with Crippen LogP contribution in [0.5, 0.6) is 0 Å². The van der Waals surface area contributed by atoms with Gasteiger partial charge in [0.05, 0.1) is 6.07 Å². The third-order valence-corrected chi connectivity index (χ3v) is 6.59. The van der Waals surface area contributed by atoms with Gasteiger partial charge in [-0.2, -0.15) is 5.26 Å². The second-order valence-electron chi connectivity index (χ2n) is 8.73. The highest BCUT2D eigenvalue weighted by Gasteiger charge is 2.49. The number of allylic oxidation sites excluding steroid dienone is 1. The van der Waals surface area contributed by atoms with Gasteiger partial charge in [-0.15, -0.1) is 0 Å². The molecule has 3 aliphatic heterocycles. The van der Waals surface area contributed by atoms with Gasteiger partial charge in [0, 0.05) is 19.0 Å². The molecule has 1 spiro atoms. The fourth-order valence-electron chi connectivity index (χ4n) is 4.67. The lowest BCUT2D eigenvalue weighted by Gasteiger charge is -2.33. The molecule has 8 nitrogen and oxygen atoms in total. The van der Waals surface area contributed by atoms with Crippen molar-refractivity contribution in [2.24, 2.45) is 11.8 Å². The number of likely N-dealkylation sites (tertiary alicyclic amines) is 1. The fourth-order valence-corrected chi connectivity index (χ4v) is 4.67. The van der Waals surface area contributed by atoms with Gasteiger partial charge in [0.15, 0.2) is 0 Å². The molecule has 3 N–H and O–H groups in total. The van der Waals surface area contributed by atoms with Crippen molar-refractivity contribution in [1.29, 1.82) is 5.26 Å². The van der Waals surface area contributed by atoms with E-state index in [1.807, 2.05) is 6.08 Å². The predicted molar refractivity (Wildman–Crippen MR) is 105 cm³/mol. The zero-order chi connectivity index (χ0) is 20.4. The molecule has 0 aromatic rings. The van der Waals surface area contributed by atoms with Gasteiger partial charge >= 0.3 is 0 Å². The van der Waals surface area contributed by atoms with Crippen LogP contribution < -0.4 is 16.0 Å². The van der Waals surface area contributed by atoms with E-state index in [0.717, 1.165) is 38.6 Å². The average molecular weight is 399 g/mol. The second kappa shape index (κ2) is 8.15. The third-order valence-electron chi connectivity index (χ3n) is 6.59. The maximum atomic E-state index is 13.2. The molecule has 1 aliphatic carbocycles. The third kappa shape index (κ3) is 4.15. The summed E-state index contributed by atoms with van der Waals surface area (Å²) in [5, 5.41) is 18.4. The Morgan fingerprint density at radius 2 is 2.10 bits per heavy atom. The summed E-state index contributed by atoms with van der Waals surface area (Å²) in [4.78, 5) is 39.8. The molecule has 3 saturated heterocycles. The molecule has 4 aliphatic rings. The Labute approximate surface area is 171 Å². The Bertz CT molecular complexity index is 761. The van der Waals surface area contributed by atoms with E-state index >= 15 is 0 Å². The smallest absolute Gasteiger partial charge is 0.268 e. The number of hydrogen-bond acceptors (Lipinski definition) is 5. The van der Waals surface area contributed by atoms with E-state index in [-0.39, 0.29) is 23.6 Å². The van der Waals surface area contributed by atoms with Gasteiger partial charge < -0.3 is 20.9 Å². The number of carbonyl (C=O) groups is 3. The van der Waals surface area contributed by atoms with Gasteiger partial charge in [0.1, 0.15) is 17.3 Å². The summed E-state index contributed by atoms with van der Waals surface area (Å²) < 4.78 is 0. The molecule has 3 atom stereocenters. The number of carbonyl (C=O) groups excluding carboxylic acids is 3. The van der Waals surface area contributed by atoms with Gasteiger partial charge in [-0.3, -0.25) is 14.4 Å². The van der Waals surface area contributed by atoms with Crippen LogP contribution in [0.2, 0.25) is 0 Å². The van der Waals surface area contributed by atoms with Gasteiger partial charge in [0.2, 0.25) is 11.8 Å². The maximum Gasteiger partial charge on any atom is 0.268 e. The Morgan fingerprint density at radius 1 is 1.28 bits per heavy atom. The lowest BCUT2D eigenvalue weighted by atomic mass is 9.87. The van der Waals surface area contributed by atoms with Gasteiger partial charge in [-0.05, 0) is 63.8 Å². The highest BCUT2D eigenvalue weighted by atomic mass is 16.2. The van der Waals surface area contributed by atoms with Crippen molar-refractivity contribution in [3.05, 3.63) is 11.8 Å². The largest absolute Gasteiger partial charge is 0.356 e. The zero-order valence-electron chi connectivity index (χ0n) is 16.7. The van der Waals surface area contributed by atoms with E-state index in [1.54, 1.807) is 4.90 Å². The fraction of sp³-hybridized carbons (Fsp3) is 0.714. The van der Waals surface area contributed by atoms with Crippen LogP contribution in [0.15, 0.2) is 11.8 Å². The lowest BCUT2D eigenvalue weighted by Crippen LogP contribution is -2.54. The Morgan fingerprint density at radius 3 is 2.72 bits per heavy atom. The first-order valence-electron chi connectivity index (χ1n) is 10.8. The number of amides is 3. The normalized spacial score (nSPS) is 30.9. The minimum atomic E-state index is -0.751. The first kappa shape index (κ1) is 19.9. The minimum absolute atomic E-state index is 0.0251. The van der Waals surface area contributed by atoms with Crippen molar-refractivity contribution in [1.82, 2.24) is 20.9 Å². The quantitative estimate of drug-likeness (QED) is 0.565. The highest BCUT2D eigenvalue weighted by molar-refractivity contribution is 6.01. The van der Waals surface area contributed by atoms with Crippen LogP contribution in [0.3, 0.4) is 0 Å². The van der Waals surface area contributed by atoms with E-state index in [4.69, 9.17) is 0 Å². The number of piperidine rings is 1. The van der Waals surface area contributed by atoms with E-state index in [2.05, 4.69) is 22.0 Å². The summed E-state index contributed by atoms with van der Waals surface area (Å²) >= 11 is 0. The number of nitrogens with one attached hydrogen (secondary N) is 3. The van der Waals surface area contributed by atoms with Crippen molar-refractivity contribution in [2.75, 3.05) is 19.6 Å². The molecule has 0 aromatic carbocycles. The van der Waals surface area contributed by atoms with Crippen molar-refractivity contribution in [3.63, 3.8) is 0 Å². The topological polar surface area (TPSA) is 114 Å². The summed E-state index contributed by atoms with van der Waals surface area (Å²) in [5.41, 5.74) is -0.171. The van der Waals surface area contributed by atoms with Crippen molar-refractivity contribution in [2.45, 2.75) is 62.9 Å². The lowest BCUT2D eigenvalue weighted by molar-refractivity contribution is -0.134. The zero-order valence-corrected chi connectivity index (χ0v) is 16.7. The van der Waals surface area contributed by atoms with E-state index in [9.17, 15) is 19.6 Å². The molecule has 29 heavy (non-hydrogen) atoms. The molecule has 1 saturated carbocycles. The Hall–Kier alpha value is -2.40. The second-order valence-corrected chi connectivity index (χ2v) is 8.73. The summed E-state index contributed by atoms with van der Waals surface area (Å²) in [5.74, 6) is -0.404. The van der Waals surface area contributed by atoms with Gasteiger partial charge in [0.25, 0.3) is 5.91 Å². The molecule has 0 aromatic heterocycles.